The van der Waals surface area contributed by atoms with Crippen LogP contribution in [-0.4, -0.2) is 19.3 Å². The number of nitrogens with one attached hydrogen (secondary N) is 1. The predicted octanol–water partition coefficient (Wildman–Crippen LogP) is 4.22. The number of hydrogen-bond acceptors (Lipinski definition) is 3. The molecule has 1 aromatic carbocycles. The molecular formula is C15H18BrFN2O. The molecule has 1 aromatic rings. The van der Waals surface area contributed by atoms with Crippen molar-refractivity contribution in [3.63, 3.8) is 0 Å². The van der Waals surface area contributed by atoms with Gasteiger partial charge in [0.25, 0.3) is 0 Å². The highest BCUT2D eigenvalue weighted by Crippen LogP contribution is 2.26. The van der Waals surface area contributed by atoms with E-state index in [1.54, 1.807) is 12.1 Å². The highest BCUT2D eigenvalue weighted by atomic mass is 79.9. The molecule has 20 heavy (non-hydrogen) atoms. The number of halogens is 2. The van der Waals surface area contributed by atoms with Crippen LogP contribution in [0.2, 0.25) is 0 Å². The molecule has 0 saturated heterocycles. The Morgan fingerprint density at radius 1 is 1.35 bits per heavy atom. The van der Waals surface area contributed by atoms with Gasteiger partial charge in [-0.05, 0) is 40.9 Å². The van der Waals surface area contributed by atoms with Crippen LogP contribution < -0.4 is 5.32 Å². The fourth-order valence-electron chi connectivity index (χ4n) is 2.42. The summed E-state index contributed by atoms with van der Waals surface area (Å²) in [6.07, 6.45) is 6.43. The van der Waals surface area contributed by atoms with E-state index >= 15 is 0 Å². The molecule has 2 rings (SSSR count). The maximum Gasteiger partial charge on any atom is 0.161 e. The fraction of sp³-hybridized carbons (Fsp3) is 0.533. The number of benzene rings is 1. The van der Waals surface area contributed by atoms with E-state index in [0.29, 0.717) is 30.5 Å². The Kier molecular flexibility index (Phi) is 5.81. The van der Waals surface area contributed by atoms with Crippen LogP contribution in [0.3, 0.4) is 0 Å². The average molecular weight is 341 g/mol. The fourth-order valence-corrected chi connectivity index (χ4v) is 2.85. The second-order valence-electron chi connectivity index (χ2n) is 4.96. The molecule has 1 aliphatic carbocycles. The van der Waals surface area contributed by atoms with E-state index in [0.717, 1.165) is 12.8 Å². The molecule has 0 atom stereocenters. The van der Waals surface area contributed by atoms with Gasteiger partial charge in [-0.1, -0.05) is 19.3 Å². The third kappa shape index (κ3) is 3.94. The zero-order chi connectivity index (χ0) is 14.4. The smallest absolute Gasteiger partial charge is 0.161 e. The number of nitriles is 1. The Morgan fingerprint density at radius 3 is 2.80 bits per heavy atom. The Morgan fingerprint density at radius 2 is 2.10 bits per heavy atom. The summed E-state index contributed by atoms with van der Waals surface area (Å²) in [4.78, 5) is 0. The molecule has 1 N–H and O–H groups in total. The summed E-state index contributed by atoms with van der Waals surface area (Å²) in [5.41, 5.74) is 0.689. The molecule has 3 nitrogen and oxygen atoms in total. The maximum atomic E-state index is 13.9. The number of ether oxygens (including phenoxy) is 1. The Hall–Kier alpha value is -1.12. The van der Waals surface area contributed by atoms with Crippen molar-refractivity contribution in [2.75, 3.05) is 18.5 Å². The molecule has 0 amide bonds. The third-order valence-corrected chi connectivity index (χ3v) is 4.30. The first-order chi connectivity index (χ1) is 9.72. The standard InChI is InChI=1S/C15H18BrFN2O/c16-14-11(10-18)6-7-13(15(14)17)19-8-9-20-12-4-2-1-3-5-12/h6-7,12,19H,1-5,8-9H2. The van der Waals surface area contributed by atoms with Gasteiger partial charge >= 0.3 is 0 Å². The molecule has 1 saturated carbocycles. The van der Waals surface area contributed by atoms with Gasteiger partial charge in [0, 0.05) is 6.54 Å². The lowest BCUT2D eigenvalue weighted by molar-refractivity contribution is 0.0347. The molecule has 0 heterocycles. The molecule has 0 aromatic heterocycles. The highest BCUT2D eigenvalue weighted by molar-refractivity contribution is 9.10. The number of anilines is 1. The van der Waals surface area contributed by atoms with E-state index in [1.807, 2.05) is 6.07 Å². The first-order valence-corrected chi connectivity index (χ1v) is 7.75. The molecule has 0 aliphatic heterocycles. The van der Waals surface area contributed by atoms with Crippen LogP contribution in [0.4, 0.5) is 10.1 Å². The van der Waals surface area contributed by atoms with Gasteiger partial charge in [0.15, 0.2) is 5.82 Å². The Balaban J connectivity index is 1.79. The summed E-state index contributed by atoms with van der Waals surface area (Å²) in [6, 6.07) is 5.11. The molecule has 0 spiro atoms. The second-order valence-corrected chi connectivity index (χ2v) is 5.75. The minimum absolute atomic E-state index is 0.207. The van der Waals surface area contributed by atoms with Crippen molar-refractivity contribution in [1.82, 2.24) is 0 Å². The van der Waals surface area contributed by atoms with Gasteiger partial charge in [-0.3, -0.25) is 0 Å². The molecule has 108 valence electrons. The molecule has 1 aliphatic rings. The van der Waals surface area contributed by atoms with E-state index in [4.69, 9.17) is 10.00 Å². The lowest BCUT2D eigenvalue weighted by atomic mass is 9.98. The summed E-state index contributed by atoms with van der Waals surface area (Å²) in [5.74, 6) is -0.429. The monoisotopic (exact) mass is 340 g/mol. The van der Waals surface area contributed by atoms with Gasteiger partial charge in [0.2, 0.25) is 0 Å². The number of nitrogens with zero attached hydrogens (tertiary/aromatic N) is 1. The van der Waals surface area contributed by atoms with Crippen LogP contribution in [0, 0.1) is 17.1 Å². The minimum atomic E-state index is -0.429. The van der Waals surface area contributed by atoms with Crippen molar-refractivity contribution in [1.29, 1.82) is 5.26 Å². The van der Waals surface area contributed by atoms with Gasteiger partial charge < -0.3 is 10.1 Å². The summed E-state index contributed by atoms with van der Waals surface area (Å²) in [7, 11) is 0. The predicted molar refractivity (Wildman–Crippen MR) is 80.1 cm³/mol. The lowest BCUT2D eigenvalue weighted by Gasteiger charge is -2.22. The maximum absolute atomic E-state index is 13.9. The molecule has 0 unspecified atom stereocenters. The normalized spacial score (nSPS) is 15.8. The molecule has 0 bridgehead atoms. The Bertz CT molecular complexity index is 495. The minimum Gasteiger partial charge on any atom is -0.380 e. The van der Waals surface area contributed by atoms with E-state index in [1.165, 1.54) is 19.3 Å². The lowest BCUT2D eigenvalue weighted by Crippen LogP contribution is -2.20. The van der Waals surface area contributed by atoms with Crippen molar-refractivity contribution < 1.29 is 9.13 Å². The largest absolute Gasteiger partial charge is 0.380 e. The van der Waals surface area contributed by atoms with Crippen molar-refractivity contribution in [2.24, 2.45) is 0 Å². The van der Waals surface area contributed by atoms with Crippen LogP contribution in [0.1, 0.15) is 37.7 Å². The summed E-state index contributed by atoms with van der Waals surface area (Å²) >= 11 is 3.09. The van der Waals surface area contributed by atoms with Gasteiger partial charge in [-0.2, -0.15) is 5.26 Å². The SMILES string of the molecule is N#Cc1ccc(NCCOC2CCCCC2)c(F)c1Br. The average Bonchev–Trinajstić information content (AvgIpc) is 2.49. The van der Waals surface area contributed by atoms with Gasteiger partial charge in [-0.25, -0.2) is 4.39 Å². The van der Waals surface area contributed by atoms with Crippen LogP contribution in [0.5, 0.6) is 0 Å². The molecule has 5 heteroatoms. The van der Waals surface area contributed by atoms with E-state index in [-0.39, 0.29) is 4.47 Å². The van der Waals surface area contributed by atoms with Gasteiger partial charge in [-0.15, -0.1) is 0 Å². The van der Waals surface area contributed by atoms with Crippen molar-refractivity contribution in [2.45, 2.75) is 38.2 Å². The van der Waals surface area contributed by atoms with E-state index in [2.05, 4.69) is 21.2 Å². The highest BCUT2D eigenvalue weighted by Gasteiger charge is 2.14. The van der Waals surface area contributed by atoms with Crippen LogP contribution in [0.15, 0.2) is 16.6 Å². The van der Waals surface area contributed by atoms with Crippen molar-refractivity contribution >= 4 is 21.6 Å². The third-order valence-electron chi connectivity index (χ3n) is 3.53. The molecular weight excluding hydrogens is 323 g/mol. The quantitative estimate of drug-likeness (QED) is 0.816. The van der Waals surface area contributed by atoms with E-state index < -0.39 is 5.82 Å². The first-order valence-electron chi connectivity index (χ1n) is 6.96. The zero-order valence-corrected chi connectivity index (χ0v) is 12.9. The summed E-state index contributed by atoms with van der Waals surface area (Å²) in [5, 5.41) is 11.8. The Labute approximate surface area is 127 Å². The molecule has 0 radical (unpaired) electrons. The van der Waals surface area contributed by atoms with Crippen molar-refractivity contribution in [3.8, 4) is 6.07 Å². The summed E-state index contributed by atoms with van der Waals surface area (Å²) < 4.78 is 19.9. The van der Waals surface area contributed by atoms with Gasteiger partial charge in [0.1, 0.15) is 6.07 Å². The van der Waals surface area contributed by atoms with Crippen molar-refractivity contribution in [3.05, 3.63) is 28.0 Å². The number of hydrogen-bond donors (Lipinski definition) is 1. The first kappa shape index (κ1) is 15.3. The van der Waals surface area contributed by atoms with E-state index in [9.17, 15) is 4.39 Å². The number of rotatable bonds is 5. The van der Waals surface area contributed by atoms with Crippen LogP contribution in [0.25, 0.3) is 0 Å². The molecule has 1 fully saturated rings. The second kappa shape index (κ2) is 7.61. The topological polar surface area (TPSA) is 45.0 Å². The van der Waals surface area contributed by atoms with Crippen LogP contribution >= 0.6 is 15.9 Å². The summed E-state index contributed by atoms with van der Waals surface area (Å²) in [6.45, 7) is 1.13. The van der Waals surface area contributed by atoms with Gasteiger partial charge in [0.05, 0.1) is 28.4 Å². The zero-order valence-electron chi connectivity index (χ0n) is 11.3. The van der Waals surface area contributed by atoms with Crippen LogP contribution in [-0.2, 0) is 4.74 Å².